The third-order valence-electron chi connectivity index (χ3n) is 3.61. The molecule has 21 heavy (non-hydrogen) atoms. The van der Waals surface area contributed by atoms with E-state index in [1.807, 2.05) is 0 Å². The quantitative estimate of drug-likeness (QED) is 0.732. The lowest BCUT2D eigenvalue weighted by Gasteiger charge is -2.14. The van der Waals surface area contributed by atoms with Gasteiger partial charge in [0.05, 0.1) is 12.6 Å². The monoisotopic (exact) mass is 289 g/mol. The molecule has 1 fully saturated rings. The number of carbonyl (C=O) groups excluding carboxylic acids is 1. The molecule has 8 heteroatoms. The zero-order chi connectivity index (χ0) is 14.8. The molecule has 0 bridgehead atoms. The number of aromatic nitrogens is 4. The normalized spacial score (nSPS) is 21.8. The first-order valence-electron chi connectivity index (χ1n) is 6.73. The van der Waals surface area contributed by atoms with Crippen molar-refractivity contribution in [1.82, 2.24) is 24.8 Å². The van der Waals surface area contributed by atoms with E-state index in [9.17, 15) is 14.7 Å². The average Bonchev–Trinajstić information content (AvgIpc) is 2.87. The molecule has 2 atom stereocenters. The van der Waals surface area contributed by atoms with E-state index >= 15 is 0 Å². The number of carbonyl (C=O) groups is 1. The molecule has 0 unspecified atom stereocenters. The summed E-state index contributed by atoms with van der Waals surface area (Å²) in [6.45, 7) is 0.634. The zero-order valence-corrected chi connectivity index (χ0v) is 11.3. The molecule has 1 aliphatic rings. The van der Waals surface area contributed by atoms with Crippen LogP contribution in [-0.2, 0) is 11.3 Å². The van der Waals surface area contributed by atoms with E-state index < -0.39 is 6.10 Å². The first kappa shape index (κ1) is 13.8. The van der Waals surface area contributed by atoms with Crippen molar-refractivity contribution in [3.05, 3.63) is 29.2 Å². The van der Waals surface area contributed by atoms with Crippen LogP contribution in [-0.4, -0.2) is 49.1 Å². The van der Waals surface area contributed by atoms with Gasteiger partial charge in [0, 0.05) is 18.7 Å². The van der Waals surface area contributed by atoms with E-state index in [0.717, 1.165) is 0 Å². The van der Waals surface area contributed by atoms with Crippen LogP contribution in [0.5, 0.6) is 0 Å². The lowest BCUT2D eigenvalue weighted by atomic mass is 10.1. The Kier molecular flexibility index (Phi) is 3.72. The lowest BCUT2D eigenvalue weighted by Crippen LogP contribution is -2.34. The molecule has 0 aromatic carbocycles. The van der Waals surface area contributed by atoms with E-state index in [-0.39, 0.29) is 35.7 Å². The maximum atomic E-state index is 12.2. The molecule has 0 saturated carbocycles. The molecule has 2 aromatic rings. The Morgan fingerprint density at radius 2 is 2.33 bits per heavy atom. The third kappa shape index (κ3) is 2.81. The molecule has 2 aromatic heterocycles. The van der Waals surface area contributed by atoms with E-state index in [0.29, 0.717) is 18.6 Å². The SMILES string of the molecule is O=C(C[C@H]1NCC[C@@H]1O)Cn1cnc2ncncc2c1=O. The van der Waals surface area contributed by atoms with Crippen LogP contribution in [0.3, 0.4) is 0 Å². The van der Waals surface area contributed by atoms with E-state index in [1.165, 1.54) is 23.4 Å². The zero-order valence-electron chi connectivity index (χ0n) is 11.3. The van der Waals surface area contributed by atoms with Gasteiger partial charge in [-0.25, -0.2) is 15.0 Å². The number of aliphatic hydroxyl groups excluding tert-OH is 1. The molecule has 3 heterocycles. The Hall–Kier alpha value is -2.19. The topological polar surface area (TPSA) is 110 Å². The smallest absolute Gasteiger partial charge is 0.264 e. The van der Waals surface area contributed by atoms with Gasteiger partial charge in [-0.2, -0.15) is 0 Å². The molecule has 110 valence electrons. The molecule has 3 rings (SSSR count). The molecular weight excluding hydrogens is 274 g/mol. The van der Waals surface area contributed by atoms with Crippen LogP contribution < -0.4 is 10.9 Å². The van der Waals surface area contributed by atoms with Crippen molar-refractivity contribution in [3.63, 3.8) is 0 Å². The van der Waals surface area contributed by atoms with Gasteiger partial charge in [-0.3, -0.25) is 14.2 Å². The highest BCUT2D eigenvalue weighted by Crippen LogP contribution is 2.11. The molecule has 1 saturated heterocycles. The predicted octanol–water partition coefficient (Wildman–Crippen LogP) is -1.13. The summed E-state index contributed by atoms with van der Waals surface area (Å²) < 4.78 is 1.25. The van der Waals surface area contributed by atoms with Crippen LogP contribution in [0.2, 0.25) is 0 Å². The number of nitrogens with one attached hydrogen (secondary N) is 1. The minimum absolute atomic E-state index is 0.0679. The Balaban J connectivity index is 1.77. The fraction of sp³-hybridized carbons (Fsp3) is 0.462. The summed E-state index contributed by atoms with van der Waals surface area (Å²) in [5.41, 5.74) is -0.0274. The molecule has 0 spiro atoms. The summed E-state index contributed by atoms with van der Waals surface area (Å²) in [5, 5.41) is 13.0. The highest BCUT2D eigenvalue weighted by molar-refractivity contribution is 5.79. The molecule has 0 aliphatic carbocycles. The van der Waals surface area contributed by atoms with Crippen molar-refractivity contribution < 1.29 is 9.90 Å². The van der Waals surface area contributed by atoms with Gasteiger partial charge in [0.2, 0.25) is 0 Å². The number of rotatable bonds is 4. The number of hydrogen-bond acceptors (Lipinski definition) is 7. The minimum Gasteiger partial charge on any atom is -0.391 e. The molecule has 8 nitrogen and oxygen atoms in total. The Labute approximate surface area is 119 Å². The number of hydrogen-bond donors (Lipinski definition) is 2. The number of Topliss-reactive ketones (excluding diaryl/α,β-unsaturated/α-hetero) is 1. The van der Waals surface area contributed by atoms with Gasteiger partial charge in [0.15, 0.2) is 11.4 Å². The van der Waals surface area contributed by atoms with Crippen molar-refractivity contribution in [3.8, 4) is 0 Å². The number of nitrogens with zero attached hydrogens (tertiary/aromatic N) is 4. The maximum Gasteiger partial charge on any atom is 0.264 e. The van der Waals surface area contributed by atoms with Gasteiger partial charge in [-0.1, -0.05) is 0 Å². The minimum atomic E-state index is -0.506. The van der Waals surface area contributed by atoms with Gasteiger partial charge in [-0.05, 0) is 13.0 Å². The fourth-order valence-electron chi connectivity index (χ4n) is 2.48. The van der Waals surface area contributed by atoms with Gasteiger partial charge < -0.3 is 10.4 Å². The second-order valence-electron chi connectivity index (χ2n) is 5.10. The van der Waals surface area contributed by atoms with Gasteiger partial charge in [0.25, 0.3) is 5.56 Å². The number of ketones is 1. The number of fused-ring (bicyclic) bond motifs is 1. The standard InChI is InChI=1S/C13H15N5O3/c19-8(3-10-11(20)1-2-15-10)5-18-7-17-12-9(13(18)21)4-14-6-16-12/h4,6-7,10-11,15,20H,1-3,5H2/t10-,11+/m1/s1. The molecule has 0 radical (unpaired) electrons. The average molecular weight is 289 g/mol. The predicted molar refractivity (Wildman–Crippen MR) is 73.6 cm³/mol. The van der Waals surface area contributed by atoms with Gasteiger partial charge in [-0.15, -0.1) is 0 Å². The first-order chi connectivity index (χ1) is 10.1. The molecule has 1 aliphatic heterocycles. The van der Waals surface area contributed by atoms with Crippen LogP contribution in [0.25, 0.3) is 11.0 Å². The molecule has 2 N–H and O–H groups in total. The van der Waals surface area contributed by atoms with Crippen molar-refractivity contribution >= 4 is 16.8 Å². The first-order valence-corrected chi connectivity index (χ1v) is 6.73. The summed E-state index contributed by atoms with van der Waals surface area (Å²) in [6, 6.07) is -0.232. The summed E-state index contributed by atoms with van der Waals surface area (Å²) >= 11 is 0. The Morgan fingerprint density at radius 1 is 1.48 bits per heavy atom. The summed E-state index contributed by atoms with van der Waals surface area (Å²) in [7, 11) is 0. The number of aliphatic hydroxyl groups is 1. The van der Waals surface area contributed by atoms with Crippen molar-refractivity contribution in [2.24, 2.45) is 0 Å². The maximum absolute atomic E-state index is 12.2. The van der Waals surface area contributed by atoms with Crippen LogP contribution in [0.4, 0.5) is 0 Å². The Morgan fingerprint density at radius 3 is 3.10 bits per heavy atom. The van der Waals surface area contributed by atoms with Crippen LogP contribution in [0.1, 0.15) is 12.8 Å². The van der Waals surface area contributed by atoms with Gasteiger partial charge >= 0.3 is 0 Å². The highest BCUT2D eigenvalue weighted by atomic mass is 16.3. The van der Waals surface area contributed by atoms with E-state index in [4.69, 9.17) is 0 Å². The second-order valence-corrected chi connectivity index (χ2v) is 5.10. The van der Waals surface area contributed by atoms with E-state index in [2.05, 4.69) is 20.3 Å². The van der Waals surface area contributed by atoms with Crippen molar-refractivity contribution in [1.29, 1.82) is 0 Å². The van der Waals surface area contributed by atoms with Crippen LogP contribution in [0.15, 0.2) is 23.6 Å². The van der Waals surface area contributed by atoms with Gasteiger partial charge in [0.1, 0.15) is 18.0 Å². The largest absolute Gasteiger partial charge is 0.391 e. The molecule has 0 amide bonds. The Bertz CT molecular complexity index is 729. The second kappa shape index (κ2) is 5.66. The fourth-order valence-corrected chi connectivity index (χ4v) is 2.48. The summed E-state index contributed by atoms with van der Waals surface area (Å²) in [5.74, 6) is -0.131. The van der Waals surface area contributed by atoms with Crippen LogP contribution in [0, 0.1) is 0 Å². The van der Waals surface area contributed by atoms with Crippen molar-refractivity contribution in [2.45, 2.75) is 31.5 Å². The van der Waals surface area contributed by atoms with Crippen molar-refractivity contribution in [2.75, 3.05) is 6.54 Å². The lowest BCUT2D eigenvalue weighted by molar-refractivity contribution is -0.120. The third-order valence-corrected chi connectivity index (χ3v) is 3.61. The van der Waals surface area contributed by atoms with Crippen LogP contribution >= 0.6 is 0 Å². The van der Waals surface area contributed by atoms with E-state index in [1.54, 1.807) is 0 Å². The summed E-state index contributed by atoms with van der Waals surface area (Å²) in [4.78, 5) is 35.9. The highest BCUT2D eigenvalue weighted by Gasteiger charge is 2.26. The molecular formula is C13H15N5O3. The summed E-state index contributed by atoms with van der Waals surface area (Å²) in [6.07, 6.45) is 4.35.